The van der Waals surface area contributed by atoms with E-state index in [0.717, 1.165) is 37.9 Å². The van der Waals surface area contributed by atoms with Crippen LogP contribution in [0, 0.1) is 13.8 Å². The Balaban J connectivity index is 2.56. The van der Waals surface area contributed by atoms with Crippen LogP contribution >= 0.6 is 8.58 Å². The molecule has 0 saturated heterocycles. The molecule has 0 bridgehead atoms. The van der Waals surface area contributed by atoms with Gasteiger partial charge in [0.15, 0.2) is 0 Å². The molecule has 2 aromatic rings. The van der Waals surface area contributed by atoms with Crippen LogP contribution in [-0.2, 0) is 11.7 Å². The van der Waals surface area contributed by atoms with Gasteiger partial charge in [0.1, 0.15) is 5.75 Å². The van der Waals surface area contributed by atoms with Gasteiger partial charge in [-0.2, -0.15) is 0 Å². The number of hydrogen-bond donors (Lipinski definition) is 1. The summed E-state index contributed by atoms with van der Waals surface area (Å²) >= 11 is 0. The minimum Gasteiger partial charge on any atom is -0.508 e. The molecule has 0 saturated carbocycles. The number of nitrogens with zero attached hydrogens (tertiary/aromatic N) is 1. The van der Waals surface area contributed by atoms with E-state index in [1.807, 2.05) is 12.1 Å². The Morgan fingerprint density at radius 1 is 1.07 bits per heavy atom. The molecule has 0 aliphatic carbocycles. The first kappa shape index (κ1) is 21.9. The fourth-order valence-corrected chi connectivity index (χ4v) is 5.83. The van der Waals surface area contributed by atoms with Crippen LogP contribution in [0.15, 0.2) is 36.4 Å². The fraction of sp³-hybridized carbons (Fsp3) is 0.500. The average molecular weight is 386 g/mol. The van der Waals surface area contributed by atoms with Gasteiger partial charge in [0, 0.05) is 17.3 Å². The molecule has 0 heterocycles. The van der Waals surface area contributed by atoms with E-state index in [2.05, 4.69) is 70.8 Å². The molecule has 0 amide bonds. The number of benzene rings is 2. The predicted octanol–water partition coefficient (Wildman–Crippen LogP) is 5.87. The van der Waals surface area contributed by atoms with Crippen LogP contribution in [0.1, 0.15) is 62.3 Å². The van der Waals surface area contributed by atoms with Crippen molar-refractivity contribution in [2.75, 3.05) is 13.6 Å². The monoisotopic (exact) mass is 385 g/mol. The molecule has 0 spiro atoms. The minimum atomic E-state index is -0.00347. The lowest BCUT2D eigenvalue weighted by molar-refractivity contribution is 0.346. The van der Waals surface area contributed by atoms with Crippen molar-refractivity contribution in [3.8, 4) is 5.75 Å². The molecule has 0 aliphatic rings. The van der Waals surface area contributed by atoms with Crippen molar-refractivity contribution < 1.29 is 5.11 Å². The van der Waals surface area contributed by atoms with Crippen LogP contribution < -0.4 is 5.30 Å². The summed E-state index contributed by atoms with van der Waals surface area (Å²) in [5.41, 5.74) is 5.15. The quantitative estimate of drug-likeness (QED) is 0.546. The second-order valence-electron chi connectivity index (χ2n) is 7.77. The summed E-state index contributed by atoms with van der Waals surface area (Å²) in [6, 6.07) is 12.8. The maximum absolute atomic E-state index is 10.7. The zero-order valence-electron chi connectivity index (χ0n) is 17.9. The zero-order valence-corrected chi connectivity index (χ0v) is 18.9. The van der Waals surface area contributed by atoms with Gasteiger partial charge in [-0.3, -0.25) is 0 Å². The first-order valence-corrected chi connectivity index (χ1v) is 11.2. The van der Waals surface area contributed by atoms with Crippen LogP contribution in [0.4, 0.5) is 0 Å². The topological polar surface area (TPSA) is 23.5 Å². The van der Waals surface area contributed by atoms with Gasteiger partial charge in [0.05, 0.1) is 0 Å². The molecule has 148 valence electrons. The van der Waals surface area contributed by atoms with Gasteiger partial charge in [-0.1, -0.05) is 71.7 Å². The molecule has 0 aromatic heterocycles. The standard InChI is InChI=1S/C24H36NOP/c1-7-15-24(8-2,21-16-18(4)13-14-22(21)26)27-23-19(5)11-10-12-20(23)17-25(6)9-3/h10-14,16,26-27H,7-9,15,17H2,1-6H3. The Kier molecular flexibility index (Phi) is 7.89. The van der Waals surface area contributed by atoms with Crippen LogP contribution in [0.2, 0.25) is 0 Å². The zero-order chi connectivity index (χ0) is 20.0. The van der Waals surface area contributed by atoms with Crippen molar-refractivity contribution in [2.24, 2.45) is 0 Å². The average Bonchev–Trinajstić information content (AvgIpc) is 2.65. The molecule has 2 rings (SSSR count). The Labute approximate surface area is 167 Å². The highest BCUT2D eigenvalue weighted by atomic mass is 31.1. The molecule has 3 heteroatoms. The molecular weight excluding hydrogens is 349 g/mol. The summed E-state index contributed by atoms with van der Waals surface area (Å²) in [5.74, 6) is 0.448. The Hall–Kier alpha value is -1.37. The molecule has 0 radical (unpaired) electrons. The number of rotatable bonds is 9. The molecule has 0 aliphatic heterocycles. The van der Waals surface area contributed by atoms with Gasteiger partial charge < -0.3 is 10.0 Å². The van der Waals surface area contributed by atoms with Crippen LogP contribution in [0.25, 0.3) is 0 Å². The lowest BCUT2D eigenvalue weighted by Gasteiger charge is -2.36. The summed E-state index contributed by atoms with van der Waals surface area (Å²) in [7, 11) is 2.84. The maximum Gasteiger partial charge on any atom is 0.119 e. The third-order valence-corrected chi connectivity index (χ3v) is 7.97. The van der Waals surface area contributed by atoms with Crippen molar-refractivity contribution in [2.45, 2.75) is 65.6 Å². The highest BCUT2D eigenvalue weighted by Gasteiger charge is 2.33. The Morgan fingerprint density at radius 2 is 1.81 bits per heavy atom. The third-order valence-electron chi connectivity index (χ3n) is 5.65. The molecule has 27 heavy (non-hydrogen) atoms. The largest absolute Gasteiger partial charge is 0.508 e. The number of hydrogen-bond acceptors (Lipinski definition) is 2. The van der Waals surface area contributed by atoms with E-state index in [-0.39, 0.29) is 5.16 Å². The Bertz CT molecular complexity index is 758. The minimum absolute atomic E-state index is 0.00347. The highest BCUT2D eigenvalue weighted by Crippen LogP contribution is 2.51. The molecule has 2 atom stereocenters. The number of aryl methyl sites for hydroxylation is 2. The summed E-state index contributed by atoms with van der Waals surface area (Å²) in [6.45, 7) is 13.1. The fourth-order valence-electron chi connectivity index (χ4n) is 3.86. The molecule has 0 fully saturated rings. The van der Waals surface area contributed by atoms with Crippen molar-refractivity contribution in [3.63, 3.8) is 0 Å². The first-order valence-electron chi connectivity index (χ1n) is 10.2. The highest BCUT2D eigenvalue weighted by molar-refractivity contribution is 7.48. The normalized spacial score (nSPS) is 14.2. The van der Waals surface area contributed by atoms with Crippen molar-refractivity contribution in [1.82, 2.24) is 4.90 Å². The van der Waals surface area contributed by atoms with Crippen LogP contribution in [0.3, 0.4) is 0 Å². The van der Waals surface area contributed by atoms with E-state index in [1.54, 1.807) is 0 Å². The number of aromatic hydroxyl groups is 1. The van der Waals surface area contributed by atoms with Gasteiger partial charge in [-0.05, 0) is 62.8 Å². The summed E-state index contributed by atoms with van der Waals surface area (Å²) in [5, 5.41) is 12.2. The van der Waals surface area contributed by atoms with E-state index in [0.29, 0.717) is 14.3 Å². The molecule has 1 N–H and O–H groups in total. The second kappa shape index (κ2) is 9.71. The van der Waals surface area contributed by atoms with Crippen molar-refractivity contribution in [3.05, 3.63) is 58.7 Å². The third kappa shape index (κ3) is 5.12. The number of phenolic OH excluding ortho intramolecular Hbond substituents is 1. The van der Waals surface area contributed by atoms with E-state index in [9.17, 15) is 5.11 Å². The van der Waals surface area contributed by atoms with Gasteiger partial charge in [0.25, 0.3) is 0 Å². The molecule has 2 nitrogen and oxygen atoms in total. The molecule has 2 aromatic carbocycles. The first-order chi connectivity index (χ1) is 12.9. The maximum atomic E-state index is 10.7. The lowest BCUT2D eigenvalue weighted by atomic mass is 9.89. The second-order valence-corrected chi connectivity index (χ2v) is 9.48. The van der Waals surface area contributed by atoms with Crippen molar-refractivity contribution >= 4 is 13.9 Å². The Morgan fingerprint density at radius 3 is 2.44 bits per heavy atom. The predicted molar refractivity (Wildman–Crippen MR) is 121 cm³/mol. The van der Waals surface area contributed by atoms with Crippen LogP contribution in [0.5, 0.6) is 5.75 Å². The molecular formula is C24H36NOP. The van der Waals surface area contributed by atoms with Crippen molar-refractivity contribution in [1.29, 1.82) is 0 Å². The van der Waals surface area contributed by atoms with E-state index < -0.39 is 0 Å². The van der Waals surface area contributed by atoms with E-state index in [4.69, 9.17) is 0 Å². The number of phenols is 1. The summed E-state index contributed by atoms with van der Waals surface area (Å²) < 4.78 is 0. The van der Waals surface area contributed by atoms with Crippen LogP contribution in [-0.4, -0.2) is 23.6 Å². The summed E-state index contributed by atoms with van der Waals surface area (Å²) in [6.07, 6.45) is 3.24. The van der Waals surface area contributed by atoms with E-state index >= 15 is 0 Å². The summed E-state index contributed by atoms with van der Waals surface area (Å²) in [4.78, 5) is 2.36. The van der Waals surface area contributed by atoms with Gasteiger partial charge in [-0.15, -0.1) is 0 Å². The SMILES string of the molecule is CCCC(CC)(Pc1c(C)cccc1CN(C)CC)c1cc(C)ccc1O. The lowest BCUT2D eigenvalue weighted by Crippen LogP contribution is -2.27. The van der Waals surface area contributed by atoms with Gasteiger partial charge in [-0.25, -0.2) is 0 Å². The van der Waals surface area contributed by atoms with Gasteiger partial charge in [0.2, 0.25) is 0 Å². The van der Waals surface area contributed by atoms with E-state index in [1.165, 1.54) is 22.0 Å². The van der Waals surface area contributed by atoms with Gasteiger partial charge >= 0.3 is 0 Å². The smallest absolute Gasteiger partial charge is 0.119 e. The molecule has 2 unspecified atom stereocenters.